The third kappa shape index (κ3) is 4.36. The van der Waals surface area contributed by atoms with E-state index in [4.69, 9.17) is 18.9 Å². The molecule has 0 N–H and O–H groups in total. The van der Waals surface area contributed by atoms with Crippen LogP contribution in [0.5, 0.6) is 23.0 Å². The van der Waals surface area contributed by atoms with Crippen LogP contribution in [-0.4, -0.2) is 52.3 Å². The number of ether oxygens (including phenoxy) is 4. The van der Waals surface area contributed by atoms with Gasteiger partial charge in [-0.15, -0.1) is 0 Å². The largest absolute Gasteiger partial charge is 0.493 e. The fraction of sp³-hybridized carbons (Fsp3) is 0.316. The molecule has 7 heteroatoms. The monoisotopic (exact) mass is 363 g/mol. The van der Waals surface area contributed by atoms with E-state index in [-0.39, 0.29) is 18.3 Å². The molecule has 0 heterocycles. The molecule has 1 amide bonds. The van der Waals surface area contributed by atoms with E-state index >= 15 is 0 Å². The van der Waals surface area contributed by atoms with Crippen molar-refractivity contribution < 1.29 is 28.1 Å². The van der Waals surface area contributed by atoms with Gasteiger partial charge in [-0.25, -0.2) is 4.39 Å². The summed E-state index contributed by atoms with van der Waals surface area (Å²) in [6.45, 7) is 0.608. The van der Waals surface area contributed by atoms with Crippen molar-refractivity contribution in [1.82, 2.24) is 4.90 Å². The van der Waals surface area contributed by atoms with Gasteiger partial charge in [0.2, 0.25) is 5.75 Å². The van der Waals surface area contributed by atoms with E-state index in [9.17, 15) is 9.18 Å². The van der Waals surface area contributed by atoms with Gasteiger partial charge in [0.15, 0.2) is 11.5 Å². The fourth-order valence-corrected chi connectivity index (χ4v) is 2.41. The van der Waals surface area contributed by atoms with Crippen LogP contribution in [0.2, 0.25) is 0 Å². The normalized spacial score (nSPS) is 10.2. The summed E-state index contributed by atoms with van der Waals surface area (Å²) in [6, 6.07) is 8.98. The fourth-order valence-electron chi connectivity index (χ4n) is 2.41. The summed E-state index contributed by atoms with van der Waals surface area (Å²) in [5.41, 5.74) is 0.356. The second-order valence-electron chi connectivity index (χ2n) is 5.41. The average Bonchev–Trinajstić information content (AvgIpc) is 2.67. The van der Waals surface area contributed by atoms with Crippen molar-refractivity contribution >= 4 is 5.91 Å². The van der Waals surface area contributed by atoms with Gasteiger partial charge in [-0.2, -0.15) is 0 Å². The Hall–Kier alpha value is -2.96. The first-order valence-electron chi connectivity index (χ1n) is 7.94. The summed E-state index contributed by atoms with van der Waals surface area (Å²) < 4.78 is 34.3. The molecule has 6 nitrogen and oxygen atoms in total. The van der Waals surface area contributed by atoms with Crippen LogP contribution in [0.25, 0.3) is 0 Å². The Morgan fingerprint density at radius 1 is 0.962 bits per heavy atom. The lowest BCUT2D eigenvalue weighted by Gasteiger charge is -2.20. The molecule has 0 atom stereocenters. The Morgan fingerprint density at radius 2 is 1.62 bits per heavy atom. The Bertz CT molecular complexity index is 748. The molecule has 0 aliphatic heterocycles. The number of hydrogen-bond donors (Lipinski definition) is 0. The number of carbonyl (C=O) groups is 1. The predicted octanol–water partition coefficient (Wildman–Crippen LogP) is 3.00. The zero-order chi connectivity index (χ0) is 19.1. The highest BCUT2D eigenvalue weighted by atomic mass is 19.1. The quantitative estimate of drug-likeness (QED) is 0.722. The number of hydrogen-bond acceptors (Lipinski definition) is 5. The Morgan fingerprint density at radius 3 is 2.19 bits per heavy atom. The molecule has 0 saturated carbocycles. The number of rotatable bonds is 8. The van der Waals surface area contributed by atoms with E-state index < -0.39 is 0 Å². The van der Waals surface area contributed by atoms with Crippen molar-refractivity contribution in [3.8, 4) is 23.0 Å². The van der Waals surface area contributed by atoms with Gasteiger partial charge < -0.3 is 23.8 Å². The summed E-state index contributed by atoms with van der Waals surface area (Å²) in [6.07, 6.45) is 0. The van der Waals surface area contributed by atoms with Crippen molar-refractivity contribution in [3.63, 3.8) is 0 Å². The maximum atomic E-state index is 12.9. The van der Waals surface area contributed by atoms with Crippen LogP contribution in [0.15, 0.2) is 36.4 Å². The van der Waals surface area contributed by atoms with E-state index in [0.29, 0.717) is 35.1 Å². The SMILES string of the molecule is COc1ccc(C(=O)N(C)CCOc2ccc(F)cc2)c(OC)c1OC. The van der Waals surface area contributed by atoms with Crippen LogP contribution in [0.4, 0.5) is 4.39 Å². The molecule has 0 fully saturated rings. The highest BCUT2D eigenvalue weighted by Crippen LogP contribution is 2.40. The lowest BCUT2D eigenvalue weighted by atomic mass is 10.1. The molecular weight excluding hydrogens is 341 g/mol. The van der Waals surface area contributed by atoms with Gasteiger partial charge in [0.25, 0.3) is 5.91 Å². The minimum absolute atomic E-state index is 0.245. The molecule has 2 aromatic rings. The number of carbonyl (C=O) groups excluding carboxylic acids is 1. The average molecular weight is 363 g/mol. The molecule has 0 aliphatic rings. The molecule has 2 rings (SSSR count). The molecule has 140 valence electrons. The maximum absolute atomic E-state index is 12.9. The van der Waals surface area contributed by atoms with Gasteiger partial charge in [0.1, 0.15) is 18.2 Å². The van der Waals surface area contributed by atoms with Crippen LogP contribution < -0.4 is 18.9 Å². The second kappa shape index (κ2) is 8.94. The summed E-state index contributed by atoms with van der Waals surface area (Å²) >= 11 is 0. The standard InChI is InChI=1S/C19H22FNO5/c1-21(11-12-26-14-7-5-13(20)6-8-14)19(22)15-9-10-16(23-2)18(25-4)17(15)24-3/h5-10H,11-12H2,1-4H3. The van der Waals surface area contributed by atoms with E-state index in [2.05, 4.69) is 0 Å². The number of nitrogens with zero attached hydrogens (tertiary/aromatic N) is 1. The minimum atomic E-state index is -0.329. The predicted molar refractivity (Wildman–Crippen MR) is 95.0 cm³/mol. The molecule has 0 aliphatic carbocycles. The number of methoxy groups -OCH3 is 3. The van der Waals surface area contributed by atoms with Gasteiger partial charge in [0.05, 0.1) is 33.4 Å². The Labute approximate surface area is 152 Å². The van der Waals surface area contributed by atoms with Gasteiger partial charge in [-0.3, -0.25) is 4.79 Å². The third-order valence-corrected chi connectivity index (χ3v) is 3.79. The van der Waals surface area contributed by atoms with E-state index in [1.165, 1.54) is 50.5 Å². The van der Waals surface area contributed by atoms with Crippen molar-refractivity contribution in [2.45, 2.75) is 0 Å². The van der Waals surface area contributed by atoms with Gasteiger partial charge in [0, 0.05) is 7.05 Å². The zero-order valence-electron chi connectivity index (χ0n) is 15.2. The van der Waals surface area contributed by atoms with Crippen molar-refractivity contribution in [2.75, 3.05) is 41.5 Å². The smallest absolute Gasteiger partial charge is 0.257 e. The first kappa shape index (κ1) is 19.4. The van der Waals surface area contributed by atoms with Crippen LogP contribution >= 0.6 is 0 Å². The molecular formula is C19H22FNO5. The molecule has 0 saturated heterocycles. The Kier molecular flexibility index (Phi) is 6.66. The second-order valence-corrected chi connectivity index (χ2v) is 5.41. The molecule has 0 unspecified atom stereocenters. The molecule has 0 aromatic heterocycles. The molecule has 26 heavy (non-hydrogen) atoms. The van der Waals surface area contributed by atoms with Crippen LogP contribution in [0, 0.1) is 5.82 Å². The van der Waals surface area contributed by atoms with E-state index in [1.807, 2.05) is 0 Å². The highest BCUT2D eigenvalue weighted by molar-refractivity contribution is 5.98. The van der Waals surface area contributed by atoms with Crippen molar-refractivity contribution in [3.05, 3.63) is 47.8 Å². The number of amides is 1. The first-order chi connectivity index (χ1) is 12.5. The molecule has 0 bridgehead atoms. The molecule has 0 spiro atoms. The summed E-state index contributed by atoms with van der Waals surface area (Å²) in [5, 5.41) is 0. The Balaban J connectivity index is 2.06. The number of halogens is 1. The number of benzene rings is 2. The lowest BCUT2D eigenvalue weighted by Crippen LogP contribution is -2.31. The van der Waals surface area contributed by atoms with E-state index in [1.54, 1.807) is 19.2 Å². The van der Waals surface area contributed by atoms with E-state index in [0.717, 1.165) is 0 Å². The molecule has 2 aromatic carbocycles. The van der Waals surface area contributed by atoms with Crippen molar-refractivity contribution in [1.29, 1.82) is 0 Å². The summed E-state index contributed by atoms with van der Waals surface area (Å²) in [5.74, 6) is 1.11. The van der Waals surface area contributed by atoms with Gasteiger partial charge in [-0.1, -0.05) is 0 Å². The lowest BCUT2D eigenvalue weighted by molar-refractivity contribution is 0.0769. The summed E-state index contributed by atoms with van der Waals surface area (Å²) in [4.78, 5) is 14.2. The van der Waals surface area contributed by atoms with Crippen molar-refractivity contribution in [2.24, 2.45) is 0 Å². The first-order valence-corrected chi connectivity index (χ1v) is 7.94. The topological polar surface area (TPSA) is 57.2 Å². The third-order valence-electron chi connectivity index (χ3n) is 3.79. The minimum Gasteiger partial charge on any atom is -0.493 e. The van der Waals surface area contributed by atoms with Crippen LogP contribution in [0.3, 0.4) is 0 Å². The zero-order valence-corrected chi connectivity index (χ0v) is 15.2. The highest BCUT2D eigenvalue weighted by Gasteiger charge is 2.22. The number of likely N-dealkylation sites (N-methyl/N-ethyl adjacent to an activating group) is 1. The van der Waals surface area contributed by atoms with Gasteiger partial charge >= 0.3 is 0 Å². The van der Waals surface area contributed by atoms with Crippen LogP contribution in [-0.2, 0) is 0 Å². The van der Waals surface area contributed by atoms with Crippen LogP contribution in [0.1, 0.15) is 10.4 Å². The van der Waals surface area contributed by atoms with Gasteiger partial charge in [-0.05, 0) is 36.4 Å². The molecule has 0 radical (unpaired) electrons. The summed E-state index contributed by atoms with van der Waals surface area (Å²) in [7, 11) is 6.12. The maximum Gasteiger partial charge on any atom is 0.257 e.